The lowest BCUT2D eigenvalue weighted by Crippen LogP contribution is -2.44. The summed E-state index contributed by atoms with van der Waals surface area (Å²) in [6.07, 6.45) is 7.40. The molecule has 0 radical (unpaired) electrons. The number of anilines is 3. The van der Waals surface area contributed by atoms with Gasteiger partial charge in [0.1, 0.15) is 5.82 Å². The molecule has 0 amide bonds. The van der Waals surface area contributed by atoms with E-state index in [-0.39, 0.29) is 0 Å². The highest BCUT2D eigenvalue weighted by Gasteiger charge is 2.29. The molecule has 9 nitrogen and oxygen atoms in total. The first-order chi connectivity index (χ1) is 17.8. The molecule has 2 fully saturated rings. The lowest BCUT2D eigenvalue weighted by Gasteiger charge is -2.34. The van der Waals surface area contributed by atoms with Crippen molar-refractivity contribution < 1.29 is 4.21 Å². The molecule has 4 aromatic rings. The van der Waals surface area contributed by atoms with Crippen LogP contribution in [0.3, 0.4) is 0 Å². The first kappa shape index (κ1) is 23.9. The summed E-state index contributed by atoms with van der Waals surface area (Å²) in [5, 5.41) is 4.34. The Morgan fingerprint density at radius 2 is 1.76 bits per heavy atom. The minimum absolute atomic E-state index is 0.462. The zero-order chi connectivity index (χ0) is 25.6. The third-order valence-corrected chi connectivity index (χ3v) is 7.45. The quantitative estimate of drug-likeness (QED) is 0.402. The Hall–Kier alpha value is -3.50. The van der Waals surface area contributed by atoms with Gasteiger partial charge in [0, 0.05) is 77.1 Å². The molecule has 192 valence electrons. The summed E-state index contributed by atoms with van der Waals surface area (Å²) in [6, 6.07) is 16.3. The number of pyridine rings is 1. The second-order valence-corrected chi connectivity index (χ2v) is 12.8. The van der Waals surface area contributed by atoms with Crippen LogP contribution in [-0.4, -0.2) is 74.4 Å². The predicted molar refractivity (Wildman–Crippen MR) is 150 cm³/mol. The standard InChI is InChI=1S/C27H32N8OS/c1-33-13-15-34(16-14-33)22-11-9-21(10-12-22)29-27-28-18-20-17-23(19-7-8-19)35(26(20)31-27)25-6-4-5-24(30-25)32-37(2,3)36/h4-6,9-12,17-19H,7-8,13-16H2,1-3H3,(H,28,29,31). The Morgan fingerprint density at radius 1 is 1.00 bits per heavy atom. The first-order valence-corrected chi connectivity index (χ1v) is 15.0. The van der Waals surface area contributed by atoms with Crippen molar-refractivity contribution in [2.75, 3.05) is 56.0 Å². The monoisotopic (exact) mass is 516 g/mol. The molecule has 1 saturated carbocycles. The number of hydrogen-bond acceptors (Lipinski definition) is 8. The van der Waals surface area contributed by atoms with E-state index in [0.29, 0.717) is 17.7 Å². The van der Waals surface area contributed by atoms with Gasteiger partial charge in [-0.3, -0.25) is 4.57 Å². The second-order valence-electron chi connectivity index (χ2n) is 10.2. The molecule has 1 aliphatic heterocycles. The highest BCUT2D eigenvalue weighted by atomic mass is 32.2. The van der Waals surface area contributed by atoms with Crippen LogP contribution in [0.15, 0.2) is 59.1 Å². The van der Waals surface area contributed by atoms with Crippen molar-refractivity contribution in [1.82, 2.24) is 24.4 Å². The summed E-state index contributed by atoms with van der Waals surface area (Å²) in [4.78, 5) is 19.0. The number of rotatable bonds is 6. The minimum Gasteiger partial charge on any atom is -0.369 e. The Labute approximate surface area is 217 Å². The third kappa shape index (κ3) is 5.30. The maximum Gasteiger partial charge on any atom is 0.229 e. The fourth-order valence-electron chi connectivity index (χ4n) is 4.75. The van der Waals surface area contributed by atoms with Gasteiger partial charge in [0.2, 0.25) is 5.95 Å². The van der Waals surface area contributed by atoms with E-state index in [4.69, 9.17) is 9.97 Å². The summed E-state index contributed by atoms with van der Waals surface area (Å²) in [6.45, 7) is 4.25. The summed E-state index contributed by atoms with van der Waals surface area (Å²) < 4.78 is 18.6. The smallest absolute Gasteiger partial charge is 0.229 e. The van der Waals surface area contributed by atoms with Gasteiger partial charge in [-0.15, -0.1) is 0 Å². The summed E-state index contributed by atoms with van der Waals surface area (Å²) >= 11 is 0. The second kappa shape index (κ2) is 9.42. The Balaban J connectivity index is 1.32. The maximum atomic E-state index is 12.2. The van der Waals surface area contributed by atoms with Gasteiger partial charge in [-0.25, -0.2) is 14.2 Å². The Morgan fingerprint density at radius 3 is 2.46 bits per heavy atom. The Bertz CT molecular complexity index is 1550. The van der Waals surface area contributed by atoms with E-state index in [0.717, 1.165) is 61.6 Å². The van der Waals surface area contributed by atoms with Crippen LogP contribution in [-0.2, 0) is 9.73 Å². The van der Waals surface area contributed by atoms with Crippen LogP contribution >= 0.6 is 0 Å². The van der Waals surface area contributed by atoms with E-state index >= 15 is 0 Å². The number of fused-ring (bicyclic) bond motifs is 1. The van der Waals surface area contributed by atoms with E-state index in [1.165, 1.54) is 11.4 Å². The topological polar surface area (TPSA) is 91.5 Å². The van der Waals surface area contributed by atoms with E-state index in [1.807, 2.05) is 18.3 Å². The molecular weight excluding hydrogens is 484 g/mol. The van der Waals surface area contributed by atoms with Crippen LogP contribution < -0.4 is 10.2 Å². The summed E-state index contributed by atoms with van der Waals surface area (Å²) in [5.41, 5.74) is 4.15. The number of hydrogen-bond donors (Lipinski definition) is 1. The lowest BCUT2D eigenvalue weighted by molar-refractivity contribution is 0.313. The maximum absolute atomic E-state index is 12.2. The molecule has 37 heavy (non-hydrogen) atoms. The number of likely N-dealkylation sites (N-methyl/N-ethyl adjacent to an activating group) is 1. The molecule has 1 aromatic carbocycles. The lowest BCUT2D eigenvalue weighted by atomic mass is 10.2. The molecule has 4 heterocycles. The van der Waals surface area contributed by atoms with Gasteiger partial charge in [0.15, 0.2) is 11.5 Å². The summed E-state index contributed by atoms with van der Waals surface area (Å²) in [7, 11) is -0.143. The number of piperazine rings is 1. The molecule has 2 aliphatic rings. The fourth-order valence-corrected chi connectivity index (χ4v) is 5.30. The average Bonchev–Trinajstić information content (AvgIpc) is 3.64. The zero-order valence-corrected chi connectivity index (χ0v) is 22.3. The third-order valence-electron chi connectivity index (χ3n) is 6.82. The summed E-state index contributed by atoms with van der Waals surface area (Å²) in [5.74, 6) is 2.20. The SMILES string of the molecule is CN1CCN(c2ccc(Nc3ncc4cc(C5CC5)n(-c5cccc(N=S(C)(C)=O)n5)c4n3)cc2)CC1. The van der Waals surface area contributed by atoms with E-state index in [1.54, 1.807) is 18.6 Å². The highest BCUT2D eigenvalue weighted by Crippen LogP contribution is 2.43. The van der Waals surface area contributed by atoms with Crippen molar-refractivity contribution >= 4 is 43.9 Å². The van der Waals surface area contributed by atoms with Crippen molar-refractivity contribution in [2.45, 2.75) is 18.8 Å². The molecule has 0 bridgehead atoms. The Kier molecular flexibility index (Phi) is 6.08. The number of nitrogens with zero attached hydrogens (tertiary/aromatic N) is 7. The molecule has 0 spiro atoms. The van der Waals surface area contributed by atoms with Gasteiger partial charge in [-0.1, -0.05) is 6.07 Å². The van der Waals surface area contributed by atoms with Crippen LogP contribution in [0.1, 0.15) is 24.5 Å². The molecular formula is C27H32N8OS. The minimum atomic E-state index is -2.31. The number of nitrogens with one attached hydrogen (secondary N) is 1. The van der Waals surface area contributed by atoms with Gasteiger partial charge >= 0.3 is 0 Å². The van der Waals surface area contributed by atoms with Crippen LogP contribution in [0.2, 0.25) is 0 Å². The first-order valence-electron chi connectivity index (χ1n) is 12.7. The van der Waals surface area contributed by atoms with Gasteiger partial charge < -0.3 is 15.1 Å². The van der Waals surface area contributed by atoms with Crippen LogP contribution in [0.25, 0.3) is 16.9 Å². The molecule has 3 aromatic heterocycles. The van der Waals surface area contributed by atoms with Crippen LogP contribution in [0, 0.1) is 0 Å². The largest absolute Gasteiger partial charge is 0.369 e. The molecule has 10 heteroatoms. The molecule has 1 aliphatic carbocycles. The highest BCUT2D eigenvalue weighted by molar-refractivity contribution is 7.92. The normalized spacial score (nSPS) is 16.8. The van der Waals surface area contributed by atoms with E-state index in [2.05, 4.69) is 66.4 Å². The van der Waals surface area contributed by atoms with Crippen molar-refractivity contribution in [1.29, 1.82) is 0 Å². The molecule has 1 N–H and O–H groups in total. The van der Waals surface area contributed by atoms with Gasteiger partial charge in [-0.05, 0) is 68.3 Å². The van der Waals surface area contributed by atoms with E-state index in [9.17, 15) is 4.21 Å². The molecule has 0 atom stereocenters. The van der Waals surface area contributed by atoms with Crippen molar-refractivity contribution in [3.63, 3.8) is 0 Å². The average molecular weight is 517 g/mol. The predicted octanol–water partition coefficient (Wildman–Crippen LogP) is 4.55. The van der Waals surface area contributed by atoms with Crippen molar-refractivity contribution in [3.05, 3.63) is 60.4 Å². The zero-order valence-electron chi connectivity index (χ0n) is 21.5. The molecule has 1 saturated heterocycles. The van der Waals surface area contributed by atoms with Gasteiger partial charge in [0.25, 0.3) is 0 Å². The van der Waals surface area contributed by atoms with E-state index < -0.39 is 9.73 Å². The van der Waals surface area contributed by atoms with Crippen LogP contribution in [0.5, 0.6) is 0 Å². The van der Waals surface area contributed by atoms with Crippen molar-refractivity contribution in [3.8, 4) is 5.82 Å². The molecule has 0 unspecified atom stereocenters. The van der Waals surface area contributed by atoms with Crippen LogP contribution in [0.4, 0.5) is 23.1 Å². The van der Waals surface area contributed by atoms with Crippen molar-refractivity contribution in [2.24, 2.45) is 4.36 Å². The fraction of sp³-hybridized carbons (Fsp3) is 0.370. The van der Waals surface area contributed by atoms with Gasteiger partial charge in [0.05, 0.1) is 0 Å². The molecule has 6 rings (SSSR count). The van der Waals surface area contributed by atoms with Gasteiger partial charge in [-0.2, -0.15) is 9.35 Å². The number of benzene rings is 1. The number of aromatic nitrogens is 4.